The van der Waals surface area contributed by atoms with Crippen molar-refractivity contribution in [3.8, 4) is 11.3 Å². The molecule has 0 atom stereocenters. The van der Waals surface area contributed by atoms with E-state index in [0.29, 0.717) is 12.4 Å². The molecule has 4 rings (SSSR count). The summed E-state index contributed by atoms with van der Waals surface area (Å²) in [4.78, 5) is 12.9. The van der Waals surface area contributed by atoms with Crippen LogP contribution in [0.5, 0.6) is 0 Å². The van der Waals surface area contributed by atoms with Crippen molar-refractivity contribution < 1.29 is 0 Å². The largest absolute Gasteiger partial charge is 0.339 e. The topological polar surface area (TPSA) is 87.7 Å². The van der Waals surface area contributed by atoms with E-state index in [0.717, 1.165) is 22.6 Å². The first-order valence-corrected chi connectivity index (χ1v) is 8.13. The summed E-state index contributed by atoms with van der Waals surface area (Å²) >= 11 is 0. The van der Waals surface area contributed by atoms with E-state index in [-0.39, 0.29) is 0 Å². The molecule has 3 aromatic heterocycles. The van der Waals surface area contributed by atoms with Crippen LogP contribution in [0.3, 0.4) is 0 Å². The summed E-state index contributed by atoms with van der Waals surface area (Å²) in [7, 11) is 3.62. The zero-order chi connectivity index (χ0) is 17.9. The number of hydrazine groups is 1. The summed E-state index contributed by atoms with van der Waals surface area (Å²) in [6.45, 7) is 0.654. The fourth-order valence-corrected chi connectivity index (χ4v) is 2.78. The number of rotatable bonds is 5. The molecule has 1 aliphatic heterocycles. The summed E-state index contributed by atoms with van der Waals surface area (Å²) in [6.07, 6.45) is 16.8. The molecule has 26 heavy (non-hydrogen) atoms. The van der Waals surface area contributed by atoms with Gasteiger partial charge in [0.2, 0.25) is 0 Å². The Labute approximate surface area is 150 Å². The number of aromatic nitrogens is 5. The Kier molecular flexibility index (Phi) is 4.10. The third kappa shape index (κ3) is 3.02. The Morgan fingerprint density at radius 2 is 2.19 bits per heavy atom. The van der Waals surface area contributed by atoms with Gasteiger partial charge in [-0.25, -0.2) is 9.97 Å². The number of hydrogen-bond donors (Lipinski definition) is 2. The molecule has 9 heteroatoms. The van der Waals surface area contributed by atoms with E-state index in [9.17, 15) is 0 Å². The van der Waals surface area contributed by atoms with Crippen LogP contribution in [-0.4, -0.2) is 49.1 Å². The van der Waals surface area contributed by atoms with Gasteiger partial charge in [0.25, 0.3) is 0 Å². The van der Waals surface area contributed by atoms with Crippen molar-refractivity contribution in [1.82, 2.24) is 34.6 Å². The number of aliphatic imine (C=N–C) groups is 1. The summed E-state index contributed by atoms with van der Waals surface area (Å²) in [5.41, 5.74) is 6.81. The van der Waals surface area contributed by atoms with E-state index in [1.165, 1.54) is 0 Å². The zero-order valence-corrected chi connectivity index (χ0v) is 14.5. The summed E-state index contributed by atoms with van der Waals surface area (Å²) in [5, 5.41) is 9.52. The van der Waals surface area contributed by atoms with Crippen LogP contribution in [0, 0.1) is 0 Å². The van der Waals surface area contributed by atoms with E-state index in [2.05, 4.69) is 30.8 Å². The lowest BCUT2D eigenvalue weighted by Gasteiger charge is -2.24. The number of fused-ring (bicyclic) bond motifs is 1. The molecule has 0 bridgehead atoms. The lowest BCUT2D eigenvalue weighted by Crippen LogP contribution is -2.36. The van der Waals surface area contributed by atoms with Crippen LogP contribution in [-0.2, 0) is 7.05 Å². The van der Waals surface area contributed by atoms with Crippen LogP contribution >= 0.6 is 0 Å². The van der Waals surface area contributed by atoms with Gasteiger partial charge in [-0.15, -0.1) is 0 Å². The van der Waals surface area contributed by atoms with Gasteiger partial charge in [-0.05, 0) is 12.2 Å². The van der Waals surface area contributed by atoms with Crippen molar-refractivity contribution in [2.45, 2.75) is 0 Å². The molecule has 0 saturated carbocycles. The predicted molar refractivity (Wildman–Crippen MR) is 100 cm³/mol. The molecule has 9 nitrogen and oxygen atoms in total. The molecule has 4 heterocycles. The highest BCUT2D eigenvalue weighted by Crippen LogP contribution is 2.23. The molecule has 0 radical (unpaired) electrons. The Balaban J connectivity index is 1.61. The molecular weight excluding hydrogens is 330 g/mol. The number of nitrogens with one attached hydrogen (secondary N) is 2. The van der Waals surface area contributed by atoms with Gasteiger partial charge >= 0.3 is 0 Å². The minimum absolute atomic E-state index is 0.654. The Hall–Kier alpha value is -3.62. The third-order valence-corrected chi connectivity index (χ3v) is 3.96. The summed E-state index contributed by atoms with van der Waals surface area (Å²) in [5.74, 6) is 0.702. The quantitative estimate of drug-likeness (QED) is 0.535. The average Bonchev–Trinajstić information content (AvgIpc) is 3.27. The highest BCUT2D eigenvalue weighted by molar-refractivity contribution is 5.71. The molecule has 0 aliphatic carbocycles. The van der Waals surface area contributed by atoms with Crippen molar-refractivity contribution in [2.75, 3.05) is 18.9 Å². The minimum Gasteiger partial charge on any atom is -0.339 e. The van der Waals surface area contributed by atoms with Crippen molar-refractivity contribution in [2.24, 2.45) is 12.0 Å². The van der Waals surface area contributed by atoms with Crippen molar-refractivity contribution >= 4 is 17.8 Å². The maximum absolute atomic E-state index is 4.54. The van der Waals surface area contributed by atoms with E-state index < -0.39 is 0 Å². The van der Waals surface area contributed by atoms with Crippen LogP contribution < -0.4 is 10.7 Å². The van der Waals surface area contributed by atoms with Crippen molar-refractivity contribution in [1.29, 1.82) is 0 Å². The van der Waals surface area contributed by atoms with Crippen LogP contribution in [0.1, 0.15) is 0 Å². The molecule has 0 amide bonds. The van der Waals surface area contributed by atoms with Crippen molar-refractivity contribution in [3.63, 3.8) is 0 Å². The fraction of sp³-hybridized carbons (Fsp3) is 0.176. The first-order valence-electron chi connectivity index (χ1n) is 8.13. The maximum atomic E-state index is 4.54. The zero-order valence-electron chi connectivity index (χ0n) is 14.5. The van der Waals surface area contributed by atoms with E-state index >= 15 is 0 Å². The van der Waals surface area contributed by atoms with Gasteiger partial charge in [0.05, 0.1) is 24.6 Å². The van der Waals surface area contributed by atoms with Crippen LogP contribution in [0.15, 0.2) is 60.0 Å². The minimum atomic E-state index is 0.654. The van der Waals surface area contributed by atoms with Gasteiger partial charge in [-0.3, -0.25) is 24.5 Å². The molecule has 2 N–H and O–H groups in total. The van der Waals surface area contributed by atoms with Crippen LogP contribution in [0.25, 0.3) is 16.9 Å². The number of allylic oxidation sites excluding steroid dienone is 2. The molecular formula is C17H19N9. The van der Waals surface area contributed by atoms with Gasteiger partial charge in [-0.1, -0.05) is 0 Å². The van der Waals surface area contributed by atoms with Gasteiger partial charge in [0, 0.05) is 50.1 Å². The van der Waals surface area contributed by atoms with Gasteiger partial charge in [0.1, 0.15) is 6.34 Å². The lowest BCUT2D eigenvalue weighted by atomic mass is 10.3. The Bertz CT molecular complexity index is 1010. The lowest BCUT2D eigenvalue weighted by molar-refractivity contribution is 0.363. The molecule has 0 aromatic carbocycles. The van der Waals surface area contributed by atoms with Crippen LogP contribution in [0.2, 0.25) is 0 Å². The molecule has 0 saturated heterocycles. The molecule has 0 fully saturated rings. The number of aryl methyl sites for hydroxylation is 1. The van der Waals surface area contributed by atoms with Crippen LogP contribution in [0.4, 0.5) is 5.82 Å². The number of imidazole rings is 1. The smallest absolute Gasteiger partial charge is 0.180 e. The number of anilines is 1. The van der Waals surface area contributed by atoms with E-state index in [1.807, 2.05) is 59.6 Å². The molecule has 132 valence electrons. The number of nitrogens with zero attached hydrogens (tertiary/aromatic N) is 7. The maximum Gasteiger partial charge on any atom is 0.180 e. The van der Waals surface area contributed by atoms with Gasteiger partial charge < -0.3 is 5.32 Å². The third-order valence-electron chi connectivity index (χ3n) is 3.96. The molecule has 0 spiro atoms. The first kappa shape index (κ1) is 15.9. The Morgan fingerprint density at radius 3 is 3.00 bits per heavy atom. The molecule has 3 aromatic rings. The fourth-order valence-electron chi connectivity index (χ4n) is 2.78. The SMILES string of the molecule is CN=CNN1C=CC=C(Nc2nccn3c(-c4cnn(C)c4)cnc23)C1. The standard InChI is InChI=1S/C17H19N9/c1-18-12-22-25-6-3-4-14(11-25)23-16-17-20-9-15(26(17)7-5-19-16)13-8-21-24(2)10-13/h3-10,12H,11H2,1-2H3,(H,18,22)(H,19,23). The highest BCUT2D eigenvalue weighted by Gasteiger charge is 2.13. The second-order valence-corrected chi connectivity index (χ2v) is 5.82. The molecule has 0 unspecified atom stereocenters. The normalized spacial score (nSPS) is 14.2. The number of hydrogen-bond acceptors (Lipinski definition) is 6. The molecule has 1 aliphatic rings. The van der Waals surface area contributed by atoms with E-state index in [1.54, 1.807) is 24.3 Å². The monoisotopic (exact) mass is 349 g/mol. The summed E-state index contributed by atoms with van der Waals surface area (Å²) in [6, 6.07) is 0. The second kappa shape index (κ2) is 6.71. The summed E-state index contributed by atoms with van der Waals surface area (Å²) < 4.78 is 3.78. The average molecular weight is 349 g/mol. The predicted octanol–water partition coefficient (Wildman–Crippen LogP) is 1.42. The Morgan fingerprint density at radius 1 is 1.27 bits per heavy atom. The van der Waals surface area contributed by atoms with Gasteiger partial charge in [0.15, 0.2) is 11.5 Å². The first-order chi connectivity index (χ1) is 12.7. The van der Waals surface area contributed by atoms with Crippen molar-refractivity contribution in [3.05, 3.63) is 55.0 Å². The highest BCUT2D eigenvalue weighted by atomic mass is 15.5. The van der Waals surface area contributed by atoms with E-state index in [4.69, 9.17) is 0 Å². The van der Waals surface area contributed by atoms with Gasteiger partial charge in [-0.2, -0.15) is 5.10 Å². The second-order valence-electron chi connectivity index (χ2n) is 5.82.